The molecule has 38 heavy (non-hydrogen) atoms. The highest BCUT2D eigenvalue weighted by Gasteiger charge is 2.35. The fraction of sp³-hybridized carbons (Fsp3) is 0.630. The Balaban J connectivity index is 2.42. The van der Waals surface area contributed by atoms with E-state index in [1.165, 1.54) is 18.6 Å². The molecule has 1 aliphatic rings. The topological polar surface area (TPSA) is 164 Å². The molecule has 214 valence electrons. The van der Waals surface area contributed by atoms with Crippen LogP contribution >= 0.6 is 0 Å². The minimum Gasteiger partial charge on any atom is -0.434 e. The summed E-state index contributed by atoms with van der Waals surface area (Å²) in [5, 5.41) is 33.1. The van der Waals surface area contributed by atoms with E-state index in [1.807, 2.05) is 20.8 Å². The van der Waals surface area contributed by atoms with Crippen molar-refractivity contribution in [2.75, 3.05) is 26.9 Å². The Morgan fingerprint density at radius 1 is 1.11 bits per heavy atom. The Morgan fingerprint density at radius 2 is 1.79 bits per heavy atom. The van der Waals surface area contributed by atoms with E-state index < -0.39 is 42.4 Å². The van der Waals surface area contributed by atoms with E-state index >= 15 is 0 Å². The Bertz CT molecular complexity index is 903. The van der Waals surface area contributed by atoms with Crippen LogP contribution in [0, 0.1) is 5.41 Å². The number of aliphatic imine (C=N–C) groups is 1. The lowest BCUT2D eigenvalue weighted by Gasteiger charge is -2.26. The number of ether oxygens (including phenoxy) is 3. The second-order valence-electron chi connectivity index (χ2n) is 9.95. The molecule has 2 amide bonds. The highest BCUT2D eigenvalue weighted by molar-refractivity contribution is 6.39. The zero-order chi connectivity index (χ0) is 28.7. The lowest BCUT2D eigenvalue weighted by atomic mass is 9.94. The van der Waals surface area contributed by atoms with E-state index in [0.717, 1.165) is 26.4 Å². The van der Waals surface area contributed by atoms with Gasteiger partial charge in [-0.2, -0.15) is 0 Å². The Labute approximate surface area is 224 Å². The molecule has 4 atom stereocenters. The molecule has 4 N–H and O–H groups in total. The van der Waals surface area contributed by atoms with Crippen LogP contribution in [0.25, 0.3) is 0 Å². The fourth-order valence-electron chi connectivity index (χ4n) is 3.30. The number of aliphatic hydroxyl groups is 3. The molecule has 0 fully saturated rings. The van der Waals surface area contributed by atoms with Crippen LogP contribution in [0.2, 0.25) is 0 Å². The molecule has 0 aliphatic heterocycles. The van der Waals surface area contributed by atoms with Crippen molar-refractivity contribution in [1.82, 2.24) is 5.32 Å². The normalized spacial score (nSPS) is 17.4. The minimum absolute atomic E-state index is 0.0476. The number of nitrogens with one attached hydrogen (secondary N) is 1. The van der Waals surface area contributed by atoms with Gasteiger partial charge >= 0.3 is 6.16 Å². The second kappa shape index (κ2) is 16.9. The zero-order valence-corrected chi connectivity index (χ0v) is 22.9. The van der Waals surface area contributed by atoms with Crippen molar-refractivity contribution in [3.63, 3.8) is 0 Å². The predicted molar refractivity (Wildman–Crippen MR) is 142 cm³/mol. The molecule has 0 spiro atoms. The van der Waals surface area contributed by atoms with E-state index in [1.54, 1.807) is 6.08 Å². The van der Waals surface area contributed by atoms with Crippen molar-refractivity contribution < 1.29 is 43.9 Å². The van der Waals surface area contributed by atoms with Crippen molar-refractivity contribution >= 4 is 23.7 Å². The maximum Gasteiger partial charge on any atom is 0.508 e. The van der Waals surface area contributed by atoms with Crippen LogP contribution in [0.4, 0.5) is 4.79 Å². The average Bonchev–Trinajstić information content (AvgIpc) is 2.87. The molecular formula is C27H42N2O9. The smallest absolute Gasteiger partial charge is 0.434 e. The molecule has 0 heterocycles. The number of methoxy groups -OCH3 is 1. The lowest BCUT2D eigenvalue weighted by Crippen LogP contribution is -2.48. The molecule has 0 bridgehead atoms. The van der Waals surface area contributed by atoms with E-state index in [4.69, 9.17) is 14.2 Å². The average molecular weight is 539 g/mol. The van der Waals surface area contributed by atoms with Crippen LogP contribution in [-0.4, -0.2) is 90.3 Å². The highest BCUT2D eigenvalue weighted by atomic mass is 16.7. The van der Waals surface area contributed by atoms with Gasteiger partial charge in [0.25, 0.3) is 11.8 Å². The number of carbonyl (C=O) groups excluding carboxylic acids is 3. The van der Waals surface area contributed by atoms with Gasteiger partial charge in [0.15, 0.2) is 6.10 Å². The van der Waals surface area contributed by atoms with Crippen LogP contribution in [0.5, 0.6) is 0 Å². The van der Waals surface area contributed by atoms with Gasteiger partial charge in [-0.15, -0.1) is 0 Å². The lowest BCUT2D eigenvalue weighted by molar-refractivity contribution is -0.145. The summed E-state index contributed by atoms with van der Waals surface area (Å²) >= 11 is 0. The predicted octanol–water partition coefficient (Wildman–Crippen LogP) is 2.00. The highest BCUT2D eigenvalue weighted by Crippen LogP contribution is 2.17. The van der Waals surface area contributed by atoms with Gasteiger partial charge in [-0.1, -0.05) is 56.7 Å². The van der Waals surface area contributed by atoms with Crippen LogP contribution < -0.4 is 5.32 Å². The van der Waals surface area contributed by atoms with Gasteiger partial charge < -0.3 is 34.8 Å². The van der Waals surface area contributed by atoms with E-state index in [-0.39, 0.29) is 30.9 Å². The molecule has 1 aliphatic carbocycles. The summed E-state index contributed by atoms with van der Waals surface area (Å²) in [5.41, 5.74) is 0.715. The first-order valence-electron chi connectivity index (χ1n) is 12.6. The van der Waals surface area contributed by atoms with Gasteiger partial charge in [0, 0.05) is 7.11 Å². The summed E-state index contributed by atoms with van der Waals surface area (Å²) in [6, 6.07) is 0. The number of hydrogen-bond acceptors (Lipinski definition) is 9. The van der Waals surface area contributed by atoms with Gasteiger partial charge in [-0.05, 0) is 38.0 Å². The van der Waals surface area contributed by atoms with Crippen LogP contribution in [0.1, 0.15) is 53.4 Å². The molecule has 0 unspecified atom stereocenters. The number of rotatable bonds is 14. The standard InChI is InChI=1S/C27H42N2O9/c1-18(29-25(34)23(36-5)22(32)21(31)20(30)13-14-27(2,3)4)24(33)28-15-17-38-26(35)37-16-9-12-19-10-7-6-8-11-19/h7,10-11,13-14,20-23,30-32H,6,8-9,12,15-17H2,1-5H3,(H,28,33)/b14-13+,29-18?/t20-,21+,22-,23-/m1/s1. The summed E-state index contributed by atoms with van der Waals surface area (Å²) in [4.78, 5) is 39.9. The van der Waals surface area contributed by atoms with Crippen LogP contribution in [0.3, 0.4) is 0 Å². The monoisotopic (exact) mass is 538 g/mol. The van der Waals surface area contributed by atoms with E-state index in [0.29, 0.717) is 6.42 Å². The van der Waals surface area contributed by atoms with Gasteiger partial charge in [-0.3, -0.25) is 9.59 Å². The largest absolute Gasteiger partial charge is 0.508 e. The van der Waals surface area contributed by atoms with E-state index in [2.05, 4.69) is 28.5 Å². The second-order valence-corrected chi connectivity index (χ2v) is 9.95. The Morgan fingerprint density at radius 3 is 2.39 bits per heavy atom. The first-order valence-corrected chi connectivity index (χ1v) is 12.6. The number of aliphatic hydroxyl groups excluding tert-OH is 3. The maximum absolute atomic E-state index is 12.5. The van der Waals surface area contributed by atoms with Crippen molar-refractivity contribution in [2.45, 2.75) is 77.8 Å². The molecular weight excluding hydrogens is 496 g/mol. The fourth-order valence-corrected chi connectivity index (χ4v) is 3.30. The quantitative estimate of drug-likeness (QED) is 0.112. The molecule has 0 radical (unpaired) electrons. The van der Waals surface area contributed by atoms with E-state index in [9.17, 15) is 29.7 Å². The molecule has 0 saturated carbocycles. The van der Waals surface area contributed by atoms with Gasteiger partial charge in [0.1, 0.15) is 30.6 Å². The molecule has 0 aromatic carbocycles. The van der Waals surface area contributed by atoms with Crippen LogP contribution in [-0.2, 0) is 23.8 Å². The third kappa shape index (κ3) is 13.1. The van der Waals surface area contributed by atoms with Crippen molar-refractivity contribution in [1.29, 1.82) is 0 Å². The first-order chi connectivity index (χ1) is 17.9. The minimum atomic E-state index is -1.80. The third-order valence-corrected chi connectivity index (χ3v) is 5.42. The number of nitrogens with zero attached hydrogens (tertiary/aromatic N) is 1. The van der Waals surface area contributed by atoms with Gasteiger partial charge in [-0.25, -0.2) is 9.79 Å². The van der Waals surface area contributed by atoms with Crippen molar-refractivity contribution in [3.05, 3.63) is 36.0 Å². The number of amides is 2. The first kappa shape index (κ1) is 33.2. The van der Waals surface area contributed by atoms with Crippen molar-refractivity contribution in [2.24, 2.45) is 10.4 Å². The summed E-state index contributed by atoms with van der Waals surface area (Å²) < 4.78 is 14.9. The number of carbonyl (C=O) groups is 3. The summed E-state index contributed by atoms with van der Waals surface area (Å²) in [7, 11) is 1.13. The summed E-state index contributed by atoms with van der Waals surface area (Å²) in [6.07, 6.45) is 5.43. The molecule has 0 aromatic heterocycles. The molecule has 11 nitrogen and oxygen atoms in total. The Hall–Kier alpha value is -2.86. The third-order valence-electron chi connectivity index (χ3n) is 5.42. The van der Waals surface area contributed by atoms with Gasteiger partial charge in [0.05, 0.1) is 13.2 Å². The summed E-state index contributed by atoms with van der Waals surface area (Å²) in [6.45, 7) is 6.95. The Kier molecular flexibility index (Phi) is 14.7. The molecule has 0 saturated heterocycles. The number of hydrogen-bond donors (Lipinski definition) is 4. The number of allylic oxidation sites excluding steroid dienone is 5. The zero-order valence-electron chi connectivity index (χ0n) is 22.9. The molecule has 0 aromatic rings. The molecule has 11 heteroatoms. The van der Waals surface area contributed by atoms with Crippen LogP contribution in [0.15, 0.2) is 40.9 Å². The SMILES string of the molecule is CO[C@@H](C(=O)N=C(C)C(=O)NCCOC(=O)OCCCC1=CCCC=C1)[C@H](O)[C@@H](O)[C@H](O)/C=C/C(C)(C)C. The maximum atomic E-state index is 12.5. The molecule has 1 rings (SSSR count). The van der Waals surface area contributed by atoms with Crippen molar-refractivity contribution in [3.8, 4) is 0 Å². The van der Waals surface area contributed by atoms with Gasteiger partial charge in [0.2, 0.25) is 0 Å². The summed E-state index contributed by atoms with van der Waals surface area (Å²) in [5.74, 6) is -1.72.